The zero-order chi connectivity index (χ0) is 9.19. The Morgan fingerprint density at radius 2 is 2.17 bits per heavy atom. The predicted octanol–water partition coefficient (Wildman–Crippen LogP) is -0.540. The number of amides is 1. The summed E-state index contributed by atoms with van der Waals surface area (Å²) in [5.74, 6) is 0.709. The lowest BCUT2D eigenvalue weighted by molar-refractivity contribution is -0.160. The lowest BCUT2D eigenvalue weighted by atomic mass is 10.1. The van der Waals surface area contributed by atoms with Crippen molar-refractivity contribution in [1.29, 1.82) is 0 Å². The summed E-state index contributed by atoms with van der Waals surface area (Å²) in [6.45, 7) is -1.56. The predicted molar refractivity (Wildman–Crippen MR) is 36.4 cm³/mol. The van der Waals surface area contributed by atoms with Crippen LogP contribution in [0.15, 0.2) is 0 Å². The van der Waals surface area contributed by atoms with Gasteiger partial charge >= 0.3 is 0 Å². The molecule has 3 nitrogen and oxygen atoms in total. The van der Waals surface area contributed by atoms with Crippen molar-refractivity contribution >= 4 is 5.91 Å². The number of likely N-dealkylation sites (tertiary alicyclic amines) is 1. The van der Waals surface area contributed by atoms with Crippen molar-refractivity contribution in [2.24, 2.45) is 0 Å². The first-order valence-electron chi connectivity index (χ1n) is 3.32. The molecule has 1 N–H and O–H groups in total. The maximum atomic E-state index is 12.2. The molecule has 0 bridgehead atoms. The van der Waals surface area contributed by atoms with Gasteiger partial charge in [-0.25, -0.2) is 8.78 Å². The minimum Gasteiger partial charge on any atom is -0.384 e. The highest BCUT2D eigenvalue weighted by molar-refractivity contribution is 5.94. The fraction of sp³-hybridized carbons (Fsp3) is 0.571. The van der Waals surface area contributed by atoms with Crippen molar-refractivity contribution < 1.29 is 18.7 Å². The Kier molecular flexibility index (Phi) is 2.29. The van der Waals surface area contributed by atoms with Crippen molar-refractivity contribution in [3.8, 4) is 11.8 Å². The van der Waals surface area contributed by atoms with Crippen LogP contribution in [-0.2, 0) is 4.79 Å². The van der Waals surface area contributed by atoms with Gasteiger partial charge in [-0.2, -0.15) is 0 Å². The van der Waals surface area contributed by atoms with E-state index in [2.05, 4.69) is 5.92 Å². The lowest BCUT2D eigenvalue weighted by Gasteiger charge is -2.37. The molecule has 1 saturated heterocycles. The molecule has 0 atom stereocenters. The SMILES string of the molecule is O=C(C#CCO)N1CC(F)(F)C1. The number of nitrogens with zero attached hydrogens (tertiary/aromatic N) is 1. The molecule has 1 rings (SSSR count). The Morgan fingerprint density at radius 3 is 2.58 bits per heavy atom. The highest BCUT2D eigenvalue weighted by Gasteiger charge is 2.45. The van der Waals surface area contributed by atoms with Crippen LogP contribution < -0.4 is 0 Å². The second-order valence-electron chi connectivity index (χ2n) is 2.48. The van der Waals surface area contributed by atoms with Crippen molar-refractivity contribution in [1.82, 2.24) is 4.90 Å². The van der Waals surface area contributed by atoms with Gasteiger partial charge in [-0.05, 0) is 5.92 Å². The molecule has 1 heterocycles. The van der Waals surface area contributed by atoms with Crippen LogP contribution in [-0.4, -0.2) is 41.5 Å². The van der Waals surface area contributed by atoms with E-state index in [1.807, 2.05) is 5.92 Å². The molecule has 0 radical (unpaired) electrons. The van der Waals surface area contributed by atoms with Crippen LogP contribution >= 0.6 is 0 Å². The summed E-state index contributed by atoms with van der Waals surface area (Å²) in [6, 6.07) is 0. The molecular weight excluding hydrogens is 168 g/mol. The summed E-state index contributed by atoms with van der Waals surface area (Å²) in [4.78, 5) is 11.7. The lowest BCUT2D eigenvalue weighted by Crippen LogP contribution is -2.58. The van der Waals surface area contributed by atoms with E-state index in [0.29, 0.717) is 0 Å². The monoisotopic (exact) mass is 175 g/mol. The molecule has 5 heteroatoms. The minimum atomic E-state index is -2.75. The third kappa shape index (κ3) is 1.92. The number of aliphatic hydroxyl groups is 1. The first-order valence-corrected chi connectivity index (χ1v) is 3.32. The van der Waals surface area contributed by atoms with E-state index in [1.165, 1.54) is 0 Å². The summed E-state index contributed by atoms with van der Waals surface area (Å²) in [5.41, 5.74) is 0. The standard InChI is InChI=1S/C7H7F2NO2/c8-7(9)4-10(5-7)6(12)2-1-3-11/h11H,3-5H2. The van der Waals surface area contributed by atoms with Crippen LogP contribution in [0, 0.1) is 11.8 Å². The Labute approximate surface area is 68.0 Å². The average molecular weight is 175 g/mol. The summed E-state index contributed by atoms with van der Waals surface area (Å²) in [5, 5.41) is 8.20. The first kappa shape index (κ1) is 8.94. The van der Waals surface area contributed by atoms with E-state index in [-0.39, 0.29) is 0 Å². The quantitative estimate of drug-likeness (QED) is 0.502. The van der Waals surface area contributed by atoms with Crippen molar-refractivity contribution in [2.75, 3.05) is 19.7 Å². The van der Waals surface area contributed by atoms with Crippen LogP contribution in [0.5, 0.6) is 0 Å². The minimum absolute atomic E-state index is 0.435. The number of hydrogen-bond donors (Lipinski definition) is 1. The van der Waals surface area contributed by atoms with Gasteiger partial charge in [-0.15, -0.1) is 0 Å². The number of rotatable bonds is 0. The molecule has 66 valence electrons. The summed E-state index contributed by atoms with van der Waals surface area (Å²) < 4.78 is 24.4. The van der Waals surface area contributed by atoms with Gasteiger partial charge in [0.2, 0.25) is 0 Å². The maximum Gasteiger partial charge on any atom is 0.298 e. The third-order valence-corrected chi connectivity index (χ3v) is 1.41. The molecular formula is C7H7F2NO2. The number of carbonyl (C=O) groups is 1. The Balaban J connectivity index is 2.38. The second kappa shape index (κ2) is 3.07. The number of alkyl halides is 2. The Morgan fingerprint density at radius 1 is 1.58 bits per heavy atom. The van der Waals surface area contributed by atoms with Gasteiger partial charge in [0.1, 0.15) is 6.61 Å². The maximum absolute atomic E-state index is 12.2. The van der Waals surface area contributed by atoms with Crippen molar-refractivity contribution in [2.45, 2.75) is 5.92 Å². The molecule has 0 aliphatic carbocycles. The van der Waals surface area contributed by atoms with E-state index in [4.69, 9.17) is 5.11 Å². The van der Waals surface area contributed by atoms with E-state index < -0.39 is 31.5 Å². The molecule has 1 aliphatic heterocycles. The fourth-order valence-corrected chi connectivity index (χ4v) is 0.850. The smallest absolute Gasteiger partial charge is 0.298 e. The summed E-state index contributed by atoms with van der Waals surface area (Å²) in [6.07, 6.45) is 0. The van der Waals surface area contributed by atoms with Gasteiger partial charge in [-0.1, -0.05) is 5.92 Å². The van der Waals surface area contributed by atoms with Crippen LogP contribution in [0.1, 0.15) is 0 Å². The van der Waals surface area contributed by atoms with Gasteiger partial charge in [0.25, 0.3) is 11.8 Å². The molecule has 1 fully saturated rings. The summed E-state index contributed by atoms with van der Waals surface area (Å²) >= 11 is 0. The molecule has 0 unspecified atom stereocenters. The normalized spacial score (nSPS) is 19.1. The highest BCUT2D eigenvalue weighted by Crippen LogP contribution is 2.26. The number of halogens is 2. The van der Waals surface area contributed by atoms with E-state index in [1.54, 1.807) is 0 Å². The zero-order valence-corrected chi connectivity index (χ0v) is 6.18. The molecule has 0 saturated carbocycles. The van der Waals surface area contributed by atoms with Crippen LogP contribution in [0.3, 0.4) is 0 Å². The molecule has 1 amide bonds. The largest absolute Gasteiger partial charge is 0.384 e. The Bertz CT molecular complexity index is 246. The molecule has 1 aliphatic rings. The van der Waals surface area contributed by atoms with E-state index >= 15 is 0 Å². The van der Waals surface area contributed by atoms with Crippen molar-refractivity contribution in [3.63, 3.8) is 0 Å². The molecule has 0 spiro atoms. The highest BCUT2D eigenvalue weighted by atomic mass is 19.3. The molecule has 0 aromatic carbocycles. The average Bonchev–Trinajstić information content (AvgIpc) is 1.95. The molecule has 0 aromatic heterocycles. The van der Waals surface area contributed by atoms with Crippen molar-refractivity contribution in [3.05, 3.63) is 0 Å². The van der Waals surface area contributed by atoms with Crippen LogP contribution in [0.2, 0.25) is 0 Å². The molecule has 0 aromatic rings. The Hall–Kier alpha value is -1.15. The van der Waals surface area contributed by atoms with Crippen LogP contribution in [0.25, 0.3) is 0 Å². The van der Waals surface area contributed by atoms with Gasteiger partial charge in [0.15, 0.2) is 0 Å². The summed E-state index contributed by atoms with van der Waals surface area (Å²) in [7, 11) is 0. The first-order chi connectivity index (χ1) is 5.55. The van der Waals surface area contributed by atoms with Gasteiger partial charge in [0.05, 0.1) is 13.1 Å². The fourth-order valence-electron chi connectivity index (χ4n) is 0.850. The third-order valence-electron chi connectivity index (χ3n) is 1.41. The second-order valence-corrected chi connectivity index (χ2v) is 2.48. The van der Waals surface area contributed by atoms with E-state index in [0.717, 1.165) is 4.90 Å². The number of carbonyl (C=O) groups excluding carboxylic acids is 1. The van der Waals surface area contributed by atoms with Crippen LogP contribution in [0.4, 0.5) is 8.78 Å². The number of hydrogen-bond acceptors (Lipinski definition) is 2. The van der Waals surface area contributed by atoms with Gasteiger partial charge in [0, 0.05) is 0 Å². The topological polar surface area (TPSA) is 40.5 Å². The zero-order valence-electron chi connectivity index (χ0n) is 6.18. The van der Waals surface area contributed by atoms with Gasteiger partial charge < -0.3 is 10.0 Å². The molecule has 12 heavy (non-hydrogen) atoms. The van der Waals surface area contributed by atoms with Gasteiger partial charge in [-0.3, -0.25) is 4.79 Å². The number of aliphatic hydroxyl groups excluding tert-OH is 1. The van der Waals surface area contributed by atoms with E-state index in [9.17, 15) is 13.6 Å².